The van der Waals surface area contributed by atoms with Gasteiger partial charge in [0.1, 0.15) is 0 Å². The van der Waals surface area contributed by atoms with E-state index in [9.17, 15) is 4.79 Å². The molecule has 3 heterocycles. The summed E-state index contributed by atoms with van der Waals surface area (Å²) in [7, 11) is 1.59. The molecule has 1 aliphatic heterocycles. The highest BCUT2D eigenvalue weighted by Crippen LogP contribution is 2.38. The van der Waals surface area contributed by atoms with Gasteiger partial charge in [-0.3, -0.25) is 4.79 Å². The molecule has 0 saturated heterocycles. The van der Waals surface area contributed by atoms with E-state index in [1.165, 1.54) is 0 Å². The number of carbonyl (C=O) groups excluding carboxylic acids is 1. The van der Waals surface area contributed by atoms with E-state index in [4.69, 9.17) is 9.26 Å². The van der Waals surface area contributed by atoms with E-state index in [2.05, 4.69) is 20.4 Å². The Morgan fingerprint density at radius 2 is 2.15 bits per heavy atom. The van der Waals surface area contributed by atoms with Gasteiger partial charge in [0.25, 0.3) is 5.91 Å². The van der Waals surface area contributed by atoms with E-state index < -0.39 is 0 Å². The van der Waals surface area contributed by atoms with Gasteiger partial charge in [-0.1, -0.05) is 5.16 Å². The van der Waals surface area contributed by atoms with Crippen molar-refractivity contribution in [1.82, 2.24) is 25.3 Å². The van der Waals surface area contributed by atoms with Crippen molar-refractivity contribution < 1.29 is 14.1 Å². The molecule has 1 N–H and O–H groups in total. The zero-order valence-electron chi connectivity index (χ0n) is 15.3. The first-order chi connectivity index (χ1) is 12.6. The molecule has 26 heavy (non-hydrogen) atoms. The van der Waals surface area contributed by atoms with E-state index in [-0.39, 0.29) is 11.9 Å². The molecule has 0 aromatic carbocycles. The molecule has 0 radical (unpaired) electrons. The predicted molar refractivity (Wildman–Crippen MR) is 92.6 cm³/mol. The van der Waals surface area contributed by atoms with Crippen LogP contribution in [0.4, 0.5) is 0 Å². The van der Waals surface area contributed by atoms with Crippen molar-refractivity contribution in [2.45, 2.75) is 58.3 Å². The fourth-order valence-corrected chi connectivity index (χ4v) is 3.13. The van der Waals surface area contributed by atoms with Gasteiger partial charge in [0.2, 0.25) is 11.8 Å². The molecule has 8 nitrogen and oxygen atoms in total. The third-order valence-corrected chi connectivity index (χ3v) is 4.78. The fourth-order valence-electron chi connectivity index (χ4n) is 3.13. The van der Waals surface area contributed by atoms with Crippen molar-refractivity contribution in [3.63, 3.8) is 0 Å². The summed E-state index contributed by atoms with van der Waals surface area (Å²) in [6.45, 7) is 5.53. The first-order valence-electron chi connectivity index (χ1n) is 8.97. The second kappa shape index (κ2) is 6.68. The van der Waals surface area contributed by atoms with Gasteiger partial charge >= 0.3 is 0 Å². The number of rotatable bonds is 7. The van der Waals surface area contributed by atoms with Crippen LogP contribution in [0.1, 0.15) is 65.9 Å². The molecule has 8 heteroatoms. The van der Waals surface area contributed by atoms with Crippen molar-refractivity contribution in [2.24, 2.45) is 0 Å². The lowest BCUT2D eigenvalue weighted by Gasteiger charge is -2.19. The number of carbonyl (C=O) groups is 1. The van der Waals surface area contributed by atoms with Crippen LogP contribution >= 0.6 is 0 Å². The molecule has 1 saturated carbocycles. The van der Waals surface area contributed by atoms with E-state index in [1.807, 2.05) is 24.8 Å². The number of pyridine rings is 1. The van der Waals surface area contributed by atoms with Crippen LogP contribution in [0.25, 0.3) is 0 Å². The Morgan fingerprint density at radius 1 is 1.35 bits per heavy atom. The Kier molecular flexibility index (Phi) is 4.36. The van der Waals surface area contributed by atoms with Gasteiger partial charge in [-0.15, -0.1) is 0 Å². The number of ether oxygens (including phenoxy) is 1. The Hall–Kier alpha value is -2.48. The second-order valence-corrected chi connectivity index (χ2v) is 7.10. The average Bonchev–Trinajstić information content (AvgIpc) is 3.29. The summed E-state index contributed by atoms with van der Waals surface area (Å²) < 4.78 is 10.7. The molecule has 0 spiro atoms. The van der Waals surface area contributed by atoms with Crippen molar-refractivity contribution in [3.8, 4) is 5.88 Å². The minimum absolute atomic E-state index is 0.0265. The molecule has 1 aliphatic carbocycles. The van der Waals surface area contributed by atoms with Gasteiger partial charge in [0, 0.05) is 24.1 Å². The van der Waals surface area contributed by atoms with Crippen LogP contribution in [0, 0.1) is 0 Å². The molecule has 4 rings (SSSR count). The molecule has 2 aromatic rings. The minimum atomic E-state index is 0.0265. The molecule has 2 aromatic heterocycles. The van der Waals surface area contributed by atoms with Gasteiger partial charge in [0.15, 0.2) is 5.82 Å². The van der Waals surface area contributed by atoms with Crippen molar-refractivity contribution in [1.29, 1.82) is 0 Å². The highest BCUT2D eigenvalue weighted by Gasteiger charge is 2.32. The number of nitrogens with one attached hydrogen (secondary N) is 1. The van der Waals surface area contributed by atoms with E-state index in [0.29, 0.717) is 42.8 Å². The van der Waals surface area contributed by atoms with E-state index in [0.717, 1.165) is 30.0 Å². The van der Waals surface area contributed by atoms with Crippen LogP contribution in [0.3, 0.4) is 0 Å². The van der Waals surface area contributed by atoms with Crippen LogP contribution in [-0.4, -0.2) is 39.1 Å². The summed E-state index contributed by atoms with van der Waals surface area (Å²) in [5.41, 5.74) is 2.28. The first kappa shape index (κ1) is 17.0. The number of fused-ring (bicyclic) bond motifs is 1. The largest absolute Gasteiger partial charge is 0.481 e. The molecular formula is C18H23N5O3. The normalized spacial score (nSPS) is 16.5. The summed E-state index contributed by atoms with van der Waals surface area (Å²) in [5, 5.41) is 7.27. The molecule has 138 valence electrons. The number of methoxy groups -OCH3 is 1. The Balaban J connectivity index is 1.45. The monoisotopic (exact) mass is 357 g/mol. The average molecular weight is 357 g/mol. The second-order valence-electron chi connectivity index (χ2n) is 7.10. The number of aromatic nitrogens is 3. The molecule has 0 bridgehead atoms. The Labute approximate surface area is 151 Å². The van der Waals surface area contributed by atoms with Crippen LogP contribution in [0.5, 0.6) is 5.88 Å². The van der Waals surface area contributed by atoms with Crippen LogP contribution in [0.15, 0.2) is 10.6 Å². The molecular weight excluding hydrogens is 334 g/mol. The number of amides is 1. The topological polar surface area (TPSA) is 93.4 Å². The maximum atomic E-state index is 12.6. The summed E-state index contributed by atoms with van der Waals surface area (Å²) in [6, 6.07) is 2.02. The highest BCUT2D eigenvalue weighted by atomic mass is 16.5. The van der Waals surface area contributed by atoms with Gasteiger partial charge in [-0.25, -0.2) is 4.98 Å². The number of hydrogen-bond acceptors (Lipinski definition) is 7. The van der Waals surface area contributed by atoms with Gasteiger partial charge in [-0.2, -0.15) is 4.98 Å². The first-order valence-corrected chi connectivity index (χ1v) is 8.97. The van der Waals surface area contributed by atoms with Gasteiger partial charge in [0.05, 0.1) is 31.5 Å². The smallest absolute Gasteiger partial charge is 0.256 e. The maximum absolute atomic E-state index is 12.6. The molecule has 2 aliphatic rings. The molecule has 1 fully saturated rings. The lowest BCUT2D eigenvalue weighted by atomic mass is 10.1. The quantitative estimate of drug-likeness (QED) is 0.810. The van der Waals surface area contributed by atoms with E-state index >= 15 is 0 Å². The zero-order chi connectivity index (χ0) is 18.3. The maximum Gasteiger partial charge on any atom is 0.256 e. The summed E-state index contributed by atoms with van der Waals surface area (Å²) in [6.07, 6.45) is 2.27. The minimum Gasteiger partial charge on any atom is -0.481 e. The van der Waals surface area contributed by atoms with Crippen molar-refractivity contribution in [3.05, 3.63) is 34.6 Å². The fraction of sp³-hybridized carbons (Fsp3) is 0.556. The number of nitrogens with zero attached hydrogens (tertiary/aromatic N) is 4. The number of hydrogen-bond donors (Lipinski definition) is 1. The SMILES string of the molecule is COc1nc2c(cc1CNCc1noc(C3CC3)n1)C(=O)N(C(C)C)C2. The van der Waals surface area contributed by atoms with Crippen LogP contribution < -0.4 is 10.1 Å². The Bertz CT molecular complexity index is 828. The highest BCUT2D eigenvalue weighted by molar-refractivity contribution is 5.98. The summed E-state index contributed by atoms with van der Waals surface area (Å²) >= 11 is 0. The van der Waals surface area contributed by atoms with Crippen LogP contribution in [-0.2, 0) is 19.6 Å². The van der Waals surface area contributed by atoms with Gasteiger partial charge in [-0.05, 0) is 32.8 Å². The van der Waals surface area contributed by atoms with Crippen LogP contribution in [0.2, 0.25) is 0 Å². The van der Waals surface area contributed by atoms with Crippen molar-refractivity contribution in [2.75, 3.05) is 7.11 Å². The third-order valence-electron chi connectivity index (χ3n) is 4.78. The van der Waals surface area contributed by atoms with Gasteiger partial charge < -0.3 is 19.5 Å². The summed E-state index contributed by atoms with van der Waals surface area (Å²) in [5.74, 6) is 2.40. The van der Waals surface area contributed by atoms with Crippen molar-refractivity contribution >= 4 is 5.91 Å². The molecule has 0 unspecified atom stereocenters. The Morgan fingerprint density at radius 3 is 2.85 bits per heavy atom. The van der Waals surface area contributed by atoms with E-state index in [1.54, 1.807) is 7.11 Å². The molecule has 0 atom stereocenters. The predicted octanol–water partition coefficient (Wildman–Crippen LogP) is 2.00. The lowest BCUT2D eigenvalue weighted by molar-refractivity contribution is 0.0730. The third kappa shape index (κ3) is 3.16. The zero-order valence-corrected chi connectivity index (χ0v) is 15.3. The standard InChI is InChI=1S/C18H23N5O3/c1-10(2)23-9-14-13(18(23)24)6-12(16(20-14)25-3)7-19-8-15-21-17(26-22-15)11-4-5-11/h6,10-11,19H,4-5,7-9H2,1-3H3. The summed E-state index contributed by atoms with van der Waals surface area (Å²) in [4.78, 5) is 23.3. The molecule has 1 amide bonds. The lowest BCUT2D eigenvalue weighted by Crippen LogP contribution is -2.30.